The maximum absolute atomic E-state index is 6.10. The highest BCUT2D eigenvalue weighted by molar-refractivity contribution is 6.30. The van der Waals surface area contributed by atoms with Crippen molar-refractivity contribution in [1.29, 1.82) is 0 Å². The Morgan fingerprint density at radius 1 is 1.14 bits per heavy atom. The van der Waals surface area contributed by atoms with Crippen molar-refractivity contribution >= 4 is 11.6 Å². The van der Waals surface area contributed by atoms with Crippen molar-refractivity contribution in [1.82, 2.24) is 15.1 Å². The van der Waals surface area contributed by atoms with Crippen LogP contribution in [0.3, 0.4) is 0 Å². The molecule has 2 aromatic heterocycles. The van der Waals surface area contributed by atoms with Gasteiger partial charge in [0.15, 0.2) is 0 Å². The first-order valence-electron chi connectivity index (χ1n) is 6.47. The first-order chi connectivity index (χ1) is 10.2. The molecule has 0 aliphatic heterocycles. The number of hydrogen-bond acceptors (Lipinski definition) is 5. The van der Waals surface area contributed by atoms with E-state index in [-0.39, 0.29) is 6.04 Å². The summed E-state index contributed by atoms with van der Waals surface area (Å²) in [4.78, 5) is 8.45. The molecule has 5 nitrogen and oxygen atoms in total. The molecule has 3 aromatic rings. The van der Waals surface area contributed by atoms with E-state index in [2.05, 4.69) is 15.1 Å². The van der Waals surface area contributed by atoms with Crippen LogP contribution < -0.4 is 5.73 Å². The zero-order valence-corrected chi connectivity index (χ0v) is 11.9. The summed E-state index contributed by atoms with van der Waals surface area (Å²) in [5.41, 5.74) is 7.82. The fraction of sp³-hybridized carbons (Fsp3) is 0.133. The normalized spacial score (nSPS) is 12.3. The molecule has 0 amide bonds. The number of nitrogens with two attached hydrogens (primary N) is 1. The van der Waals surface area contributed by atoms with E-state index in [4.69, 9.17) is 21.9 Å². The van der Waals surface area contributed by atoms with Crippen molar-refractivity contribution in [2.45, 2.75) is 12.5 Å². The van der Waals surface area contributed by atoms with Crippen LogP contribution in [0.2, 0.25) is 5.02 Å². The maximum Gasteiger partial charge on any atom is 0.244 e. The summed E-state index contributed by atoms with van der Waals surface area (Å²) >= 11 is 5.80. The molecular weight excluding hydrogens is 288 g/mol. The molecule has 106 valence electrons. The Kier molecular flexibility index (Phi) is 3.94. The van der Waals surface area contributed by atoms with E-state index in [0.717, 1.165) is 5.56 Å². The standard InChI is InChI=1S/C15H13ClN4O/c16-11-6-7-13(18-9-11)14-19-15(21-20-14)12(17)8-10-4-2-1-3-5-10/h1-7,9,12H,8,17H2/t12-/m1/s1. The Bertz CT molecular complexity index is 712. The Morgan fingerprint density at radius 3 is 2.67 bits per heavy atom. The average Bonchev–Trinajstić information content (AvgIpc) is 2.99. The summed E-state index contributed by atoms with van der Waals surface area (Å²) in [5, 5.41) is 4.47. The third-order valence-corrected chi connectivity index (χ3v) is 3.24. The molecule has 3 rings (SSSR count). The van der Waals surface area contributed by atoms with E-state index >= 15 is 0 Å². The number of rotatable bonds is 4. The third kappa shape index (κ3) is 3.26. The van der Waals surface area contributed by atoms with Gasteiger partial charge in [-0.25, -0.2) is 0 Å². The van der Waals surface area contributed by atoms with Gasteiger partial charge in [0.1, 0.15) is 5.69 Å². The lowest BCUT2D eigenvalue weighted by molar-refractivity contribution is 0.354. The fourth-order valence-electron chi connectivity index (χ4n) is 1.95. The SMILES string of the molecule is N[C@H](Cc1ccccc1)c1nc(-c2ccc(Cl)cn2)no1. The predicted octanol–water partition coefficient (Wildman–Crippen LogP) is 3.03. The highest BCUT2D eigenvalue weighted by atomic mass is 35.5. The minimum Gasteiger partial charge on any atom is -0.337 e. The van der Waals surface area contributed by atoms with Gasteiger partial charge in [-0.3, -0.25) is 4.98 Å². The lowest BCUT2D eigenvalue weighted by Crippen LogP contribution is -2.13. The molecule has 0 fully saturated rings. The van der Waals surface area contributed by atoms with E-state index in [1.54, 1.807) is 12.1 Å². The molecule has 0 saturated carbocycles. The Balaban J connectivity index is 1.76. The number of pyridine rings is 1. The van der Waals surface area contributed by atoms with Crippen LogP contribution in [0.4, 0.5) is 0 Å². The molecule has 0 spiro atoms. The molecule has 21 heavy (non-hydrogen) atoms. The Hall–Kier alpha value is -2.24. The molecule has 0 aliphatic rings. The second kappa shape index (κ2) is 6.03. The zero-order valence-electron chi connectivity index (χ0n) is 11.1. The van der Waals surface area contributed by atoms with E-state index in [9.17, 15) is 0 Å². The number of nitrogens with zero attached hydrogens (tertiary/aromatic N) is 3. The zero-order chi connectivity index (χ0) is 14.7. The Labute approximate surface area is 126 Å². The topological polar surface area (TPSA) is 77.8 Å². The number of aromatic nitrogens is 3. The van der Waals surface area contributed by atoms with Gasteiger partial charge in [-0.2, -0.15) is 4.98 Å². The summed E-state index contributed by atoms with van der Waals surface area (Å²) in [7, 11) is 0. The van der Waals surface area contributed by atoms with E-state index in [1.807, 2.05) is 30.3 Å². The predicted molar refractivity (Wildman–Crippen MR) is 79.6 cm³/mol. The Morgan fingerprint density at radius 2 is 1.95 bits per heavy atom. The fourth-order valence-corrected chi connectivity index (χ4v) is 2.07. The highest BCUT2D eigenvalue weighted by Gasteiger charge is 2.16. The van der Waals surface area contributed by atoms with Crippen molar-refractivity contribution in [3.05, 3.63) is 65.1 Å². The quantitative estimate of drug-likeness (QED) is 0.801. The van der Waals surface area contributed by atoms with Gasteiger partial charge in [0.25, 0.3) is 0 Å². The van der Waals surface area contributed by atoms with Gasteiger partial charge < -0.3 is 10.3 Å². The van der Waals surface area contributed by atoms with Crippen molar-refractivity contribution in [3.63, 3.8) is 0 Å². The molecule has 1 atom stereocenters. The second-order valence-electron chi connectivity index (χ2n) is 4.61. The van der Waals surface area contributed by atoms with Crippen molar-refractivity contribution in [2.75, 3.05) is 0 Å². The van der Waals surface area contributed by atoms with Gasteiger partial charge in [0, 0.05) is 6.20 Å². The molecule has 6 heteroatoms. The van der Waals surface area contributed by atoms with Gasteiger partial charge in [-0.1, -0.05) is 47.1 Å². The number of hydrogen-bond donors (Lipinski definition) is 1. The van der Waals surface area contributed by atoms with Gasteiger partial charge in [-0.15, -0.1) is 0 Å². The van der Waals surface area contributed by atoms with E-state index in [0.29, 0.717) is 28.9 Å². The van der Waals surface area contributed by atoms with Gasteiger partial charge in [-0.05, 0) is 24.1 Å². The smallest absolute Gasteiger partial charge is 0.244 e. The average molecular weight is 301 g/mol. The summed E-state index contributed by atoms with van der Waals surface area (Å²) < 4.78 is 5.22. The summed E-state index contributed by atoms with van der Waals surface area (Å²) in [5.74, 6) is 0.802. The van der Waals surface area contributed by atoms with Crippen LogP contribution in [-0.4, -0.2) is 15.1 Å². The van der Waals surface area contributed by atoms with E-state index < -0.39 is 0 Å². The number of benzene rings is 1. The molecule has 2 N–H and O–H groups in total. The van der Waals surface area contributed by atoms with E-state index in [1.165, 1.54) is 6.20 Å². The van der Waals surface area contributed by atoms with Gasteiger partial charge in [0.05, 0.1) is 11.1 Å². The van der Waals surface area contributed by atoms with Crippen LogP contribution >= 0.6 is 11.6 Å². The van der Waals surface area contributed by atoms with Crippen LogP contribution in [0.1, 0.15) is 17.5 Å². The first kappa shape index (κ1) is 13.7. The monoisotopic (exact) mass is 300 g/mol. The molecular formula is C15H13ClN4O. The van der Waals surface area contributed by atoms with Crippen molar-refractivity contribution < 1.29 is 4.52 Å². The van der Waals surface area contributed by atoms with Crippen LogP contribution in [-0.2, 0) is 6.42 Å². The van der Waals surface area contributed by atoms with Crippen molar-refractivity contribution in [3.8, 4) is 11.5 Å². The molecule has 0 bridgehead atoms. The van der Waals surface area contributed by atoms with Crippen LogP contribution in [0.25, 0.3) is 11.5 Å². The second-order valence-corrected chi connectivity index (χ2v) is 5.05. The molecule has 0 saturated heterocycles. The minimum absolute atomic E-state index is 0.346. The minimum atomic E-state index is -0.346. The van der Waals surface area contributed by atoms with Crippen LogP contribution in [0, 0.1) is 0 Å². The molecule has 1 aromatic carbocycles. The lowest BCUT2D eigenvalue weighted by atomic mass is 10.1. The summed E-state index contributed by atoms with van der Waals surface area (Å²) in [6, 6.07) is 13.0. The van der Waals surface area contributed by atoms with Crippen LogP contribution in [0.5, 0.6) is 0 Å². The van der Waals surface area contributed by atoms with Crippen LogP contribution in [0.15, 0.2) is 53.2 Å². The largest absolute Gasteiger partial charge is 0.337 e. The molecule has 0 aliphatic carbocycles. The summed E-state index contributed by atoms with van der Waals surface area (Å²) in [6.07, 6.45) is 2.17. The summed E-state index contributed by atoms with van der Waals surface area (Å²) in [6.45, 7) is 0. The van der Waals surface area contributed by atoms with Gasteiger partial charge in [0.2, 0.25) is 11.7 Å². The first-order valence-corrected chi connectivity index (χ1v) is 6.85. The third-order valence-electron chi connectivity index (χ3n) is 3.01. The molecule has 2 heterocycles. The number of halogens is 1. The highest BCUT2D eigenvalue weighted by Crippen LogP contribution is 2.19. The molecule has 0 radical (unpaired) electrons. The van der Waals surface area contributed by atoms with Crippen molar-refractivity contribution in [2.24, 2.45) is 5.73 Å². The lowest BCUT2D eigenvalue weighted by Gasteiger charge is -2.05. The molecule has 0 unspecified atom stereocenters. The maximum atomic E-state index is 6.10. The van der Waals surface area contributed by atoms with Gasteiger partial charge >= 0.3 is 0 Å².